The Labute approximate surface area is 113 Å². The molecular formula is C13H20ClN3O. The van der Waals surface area contributed by atoms with Gasteiger partial charge in [-0.25, -0.2) is 0 Å². The minimum absolute atomic E-state index is 0.0774. The van der Waals surface area contributed by atoms with Gasteiger partial charge in [0.2, 0.25) is 0 Å². The maximum Gasteiger partial charge on any atom is 0.255 e. The van der Waals surface area contributed by atoms with Crippen molar-refractivity contribution < 1.29 is 4.79 Å². The van der Waals surface area contributed by atoms with Crippen LogP contribution in [0.5, 0.6) is 0 Å². The summed E-state index contributed by atoms with van der Waals surface area (Å²) in [5, 5.41) is 0.381. The number of nitrogens with zero attached hydrogens (tertiary/aromatic N) is 2. The molecule has 0 aliphatic heterocycles. The fourth-order valence-corrected chi connectivity index (χ4v) is 1.83. The molecule has 0 aliphatic carbocycles. The highest BCUT2D eigenvalue weighted by Crippen LogP contribution is 2.20. The SMILES string of the molecule is CCN(CC(C)(C)CN)C(=O)c1ccncc1Cl. The van der Waals surface area contributed by atoms with Crippen LogP contribution in [-0.4, -0.2) is 35.4 Å². The van der Waals surface area contributed by atoms with Gasteiger partial charge < -0.3 is 10.6 Å². The second-order valence-electron chi connectivity index (χ2n) is 5.04. The molecule has 0 saturated heterocycles. The molecule has 0 spiro atoms. The second-order valence-corrected chi connectivity index (χ2v) is 5.45. The maximum atomic E-state index is 12.4. The van der Waals surface area contributed by atoms with E-state index >= 15 is 0 Å². The Morgan fingerprint density at radius 3 is 2.72 bits per heavy atom. The number of halogens is 1. The Morgan fingerprint density at radius 1 is 1.56 bits per heavy atom. The van der Waals surface area contributed by atoms with E-state index in [2.05, 4.69) is 4.98 Å². The smallest absolute Gasteiger partial charge is 0.255 e. The first-order chi connectivity index (χ1) is 8.41. The predicted molar refractivity (Wildman–Crippen MR) is 73.7 cm³/mol. The van der Waals surface area contributed by atoms with E-state index < -0.39 is 0 Å². The lowest BCUT2D eigenvalue weighted by molar-refractivity contribution is 0.0701. The van der Waals surface area contributed by atoms with Crippen LogP contribution in [0.4, 0.5) is 0 Å². The quantitative estimate of drug-likeness (QED) is 0.891. The lowest BCUT2D eigenvalue weighted by atomic mass is 9.93. The zero-order valence-electron chi connectivity index (χ0n) is 11.1. The highest BCUT2D eigenvalue weighted by atomic mass is 35.5. The fraction of sp³-hybridized carbons (Fsp3) is 0.538. The predicted octanol–water partition coefficient (Wildman–Crippen LogP) is 2.18. The van der Waals surface area contributed by atoms with Crippen molar-refractivity contribution in [1.82, 2.24) is 9.88 Å². The van der Waals surface area contributed by atoms with Crippen LogP contribution >= 0.6 is 11.6 Å². The topological polar surface area (TPSA) is 59.2 Å². The van der Waals surface area contributed by atoms with Crippen LogP contribution in [-0.2, 0) is 0 Å². The van der Waals surface area contributed by atoms with Crippen molar-refractivity contribution in [3.05, 3.63) is 29.0 Å². The van der Waals surface area contributed by atoms with Gasteiger partial charge in [-0.05, 0) is 24.9 Å². The molecule has 0 radical (unpaired) electrons. The van der Waals surface area contributed by atoms with Crippen LogP contribution in [0.25, 0.3) is 0 Å². The minimum Gasteiger partial charge on any atom is -0.338 e. The maximum absolute atomic E-state index is 12.4. The summed E-state index contributed by atoms with van der Waals surface area (Å²) in [6, 6.07) is 1.64. The molecule has 0 atom stereocenters. The standard InChI is InChI=1S/C13H20ClN3O/c1-4-17(9-13(2,3)8-15)12(18)10-5-6-16-7-11(10)14/h5-7H,4,8-9,15H2,1-3H3. The van der Waals surface area contributed by atoms with E-state index in [0.29, 0.717) is 30.2 Å². The molecule has 0 aromatic carbocycles. The molecule has 0 aliphatic rings. The third-order valence-corrected chi connectivity index (χ3v) is 3.14. The normalized spacial score (nSPS) is 11.4. The van der Waals surface area contributed by atoms with Crippen molar-refractivity contribution in [3.63, 3.8) is 0 Å². The Morgan fingerprint density at radius 2 is 2.22 bits per heavy atom. The van der Waals surface area contributed by atoms with Crippen molar-refractivity contribution in [2.24, 2.45) is 11.1 Å². The van der Waals surface area contributed by atoms with Crippen molar-refractivity contribution in [2.75, 3.05) is 19.6 Å². The number of amides is 1. The number of pyridine rings is 1. The third-order valence-electron chi connectivity index (χ3n) is 2.84. The summed E-state index contributed by atoms with van der Waals surface area (Å²) in [4.78, 5) is 18.0. The van der Waals surface area contributed by atoms with Gasteiger partial charge in [0.25, 0.3) is 5.91 Å². The number of carbonyl (C=O) groups is 1. The lowest BCUT2D eigenvalue weighted by Gasteiger charge is -2.31. The summed E-state index contributed by atoms with van der Waals surface area (Å²) in [6.45, 7) is 7.78. The highest BCUT2D eigenvalue weighted by Gasteiger charge is 2.24. The number of hydrogen-bond donors (Lipinski definition) is 1. The van der Waals surface area contributed by atoms with Gasteiger partial charge in [-0.1, -0.05) is 25.4 Å². The molecule has 1 amide bonds. The largest absolute Gasteiger partial charge is 0.338 e. The Balaban J connectivity index is 2.90. The number of rotatable bonds is 5. The Kier molecular flexibility index (Phi) is 5.11. The van der Waals surface area contributed by atoms with Crippen LogP contribution in [0.15, 0.2) is 18.5 Å². The van der Waals surface area contributed by atoms with Gasteiger partial charge in [0.15, 0.2) is 0 Å². The van der Waals surface area contributed by atoms with Crippen molar-refractivity contribution in [3.8, 4) is 0 Å². The number of aromatic nitrogens is 1. The van der Waals surface area contributed by atoms with E-state index in [1.165, 1.54) is 6.20 Å². The third kappa shape index (κ3) is 3.68. The van der Waals surface area contributed by atoms with E-state index in [0.717, 1.165) is 0 Å². The summed E-state index contributed by atoms with van der Waals surface area (Å²) in [6.07, 6.45) is 3.05. The molecule has 100 valence electrons. The average Bonchev–Trinajstić information content (AvgIpc) is 2.36. The molecule has 0 unspecified atom stereocenters. The van der Waals surface area contributed by atoms with Crippen LogP contribution in [0.1, 0.15) is 31.1 Å². The molecular weight excluding hydrogens is 250 g/mol. The van der Waals surface area contributed by atoms with Crippen LogP contribution in [0, 0.1) is 5.41 Å². The minimum atomic E-state index is -0.106. The van der Waals surface area contributed by atoms with Crippen molar-refractivity contribution in [2.45, 2.75) is 20.8 Å². The number of hydrogen-bond acceptors (Lipinski definition) is 3. The molecule has 1 rings (SSSR count). The van der Waals surface area contributed by atoms with Gasteiger partial charge in [-0.3, -0.25) is 9.78 Å². The van der Waals surface area contributed by atoms with Gasteiger partial charge in [-0.2, -0.15) is 0 Å². The molecule has 1 aromatic rings. The zero-order valence-corrected chi connectivity index (χ0v) is 11.9. The number of nitrogens with two attached hydrogens (primary N) is 1. The summed E-state index contributed by atoms with van der Waals surface area (Å²) in [5.74, 6) is -0.0774. The fourth-order valence-electron chi connectivity index (χ4n) is 1.63. The average molecular weight is 270 g/mol. The van der Waals surface area contributed by atoms with Crippen molar-refractivity contribution in [1.29, 1.82) is 0 Å². The first kappa shape index (κ1) is 14.9. The molecule has 0 saturated carbocycles. The molecule has 2 N–H and O–H groups in total. The van der Waals surface area contributed by atoms with E-state index in [1.54, 1.807) is 17.2 Å². The molecule has 4 nitrogen and oxygen atoms in total. The van der Waals surface area contributed by atoms with E-state index in [-0.39, 0.29) is 11.3 Å². The van der Waals surface area contributed by atoms with Crippen LogP contribution < -0.4 is 5.73 Å². The summed E-state index contributed by atoms with van der Waals surface area (Å²) in [5.41, 5.74) is 6.09. The first-order valence-electron chi connectivity index (χ1n) is 6.00. The van der Waals surface area contributed by atoms with E-state index in [1.807, 2.05) is 20.8 Å². The van der Waals surface area contributed by atoms with Gasteiger partial charge >= 0.3 is 0 Å². The van der Waals surface area contributed by atoms with Gasteiger partial charge in [0, 0.05) is 25.5 Å². The van der Waals surface area contributed by atoms with Gasteiger partial charge in [0.1, 0.15) is 0 Å². The van der Waals surface area contributed by atoms with Crippen molar-refractivity contribution >= 4 is 17.5 Å². The Hall–Kier alpha value is -1.13. The molecule has 0 bridgehead atoms. The lowest BCUT2D eigenvalue weighted by Crippen LogP contribution is -2.42. The van der Waals surface area contributed by atoms with Gasteiger partial charge in [-0.15, -0.1) is 0 Å². The highest BCUT2D eigenvalue weighted by molar-refractivity contribution is 6.33. The molecule has 1 aromatic heterocycles. The number of carbonyl (C=O) groups excluding carboxylic acids is 1. The van der Waals surface area contributed by atoms with E-state index in [9.17, 15) is 4.79 Å². The summed E-state index contributed by atoms with van der Waals surface area (Å²) < 4.78 is 0. The van der Waals surface area contributed by atoms with Crippen LogP contribution in [0.2, 0.25) is 5.02 Å². The molecule has 1 heterocycles. The summed E-state index contributed by atoms with van der Waals surface area (Å²) in [7, 11) is 0. The van der Waals surface area contributed by atoms with Gasteiger partial charge in [0.05, 0.1) is 10.6 Å². The first-order valence-corrected chi connectivity index (χ1v) is 6.38. The second kappa shape index (κ2) is 6.16. The Bertz CT molecular complexity index is 420. The van der Waals surface area contributed by atoms with Crippen LogP contribution in [0.3, 0.4) is 0 Å². The molecule has 18 heavy (non-hydrogen) atoms. The van der Waals surface area contributed by atoms with E-state index in [4.69, 9.17) is 17.3 Å². The monoisotopic (exact) mass is 269 g/mol. The summed E-state index contributed by atoms with van der Waals surface area (Å²) >= 11 is 5.99. The molecule has 0 fully saturated rings. The zero-order chi connectivity index (χ0) is 13.8. The molecule has 5 heteroatoms.